The minimum absolute atomic E-state index is 0.0511. The molecular weight excluding hydrogens is 512 g/mol. The average molecular weight is 544 g/mol. The fraction of sp³-hybridized carbons (Fsp3) is 0.286. The second kappa shape index (κ2) is 12.6. The highest BCUT2D eigenvalue weighted by molar-refractivity contribution is 7.92. The molecule has 0 spiro atoms. The van der Waals surface area contributed by atoms with Gasteiger partial charge >= 0.3 is 0 Å². The first kappa shape index (κ1) is 28.8. The van der Waals surface area contributed by atoms with E-state index >= 15 is 0 Å². The van der Waals surface area contributed by atoms with Gasteiger partial charge < -0.3 is 10.2 Å². The molecule has 0 saturated heterocycles. The Bertz CT molecular complexity index is 1330. The monoisotopic (exact) mass is 543 g/mol. The maximum atomic E-state index is 13.7. The lowest BCUT2D eigenvalue weighted by Gasteiger charge is -2.32. The first-order valence-corrected chi connectivity index (χ1v) is 13.6. The normalized spacial score (nSPS) is 12.9. The summed E-state index contributed by atoms with van der Waals surface area (Å²) in [6, 6.07) is 16.7. The lowest BCUT2D eigenvalue weighted by Crippen LogP contribution is -2.52. The van der Waals surface area contributed by atoms with Crippen LogP contribution in [0, 0.1) is 11.6 Å². The van der Waals surface area contributed by atoms with Gasteiger partial charge in [-0.25, -0.2) is 17.2 Å². The van der Waals surface area contributed by atoms with Crippen LogP contribution < -0.4 is 9.62 Å². The van der Waals surface area contributed by atoms with E-state index < -0.39 is 46.1 Å². The summed E-state index contributed by atoms with van der Waals surface area (Å²) < 4.78 is 55.2. The second-order valence-corrected chi connectivity index (χ2v) is 10.8. The molecule has 202 valence electrons. The smallest absolute Gasteiger partial charge is 0.264 e. The summed E-state index contributed by atoms with van der Waals surface area (Å²) in [6.07, 6.45) is 0.679. The number of carbonyl (C=O) groups excluding carboxylic acids is 2. The van der Waals surface area contributed by atoms with E-state index in [-0.39, 0.29) is 23.2 Å². The number of hydrogen-bond donors (Lipinski definition) is 1. The number of anilines is 1. The Hall–Kier alpha value is -3.79. The van der Waals surface area contributed by atoms with Gasteiger partial charge in [-0.15, -0.1) is 0 Å². The molecule has 0 aliphatic rings. The lowest BCUT2D eigenvalue weighted by molar-refractivity contribution is -0.139. The van der Waals surface area contributed by atoms with Crippen LogP contribution in [-0.4, -0.2) is 43.8 Å². The molecule has 7 nitrogen and oxygen atoms in total. The first-order chi connectivity index (χ1) is 18.0. The van der Waals surface area contributed by atoms with E-state index in [9.17, 15) is 26.8 Å². The van der Waals surface area contributed by atoms with Crippen LogP contribution in [0.15, 0.2) is 83.8 Å². The Balaban J connectivity index is 2.00. The highest BCUT2D eigenvalue weighted by atomic mass is 32.2. The number of carbonyl (C=O) groups is 2. The molecular formula is C28H31F2N3O4S. The molecule has 2 atom stereocenters. The van der Waals surface area contributed by atoms with E-state index in [4.69, 9.17) is 0 Å². The first-order valence-electron chi connectivity index (χ1n) is 12.2. The van der Waals surface area contributed by atoms with Crippen molar-refractivity contribution in [2.75, 3.05) is 10.8 Å². The summed E-state index contributed by atoms with van der Waals surface area (Å²) in [5.74, 6) is -2.09. The fourth-order valence-corrected chi connectivity index (χ4v) is 5.13. The van der Waals surface area contributed by atoms with E-state index in [1.807, 2.05) is 13.8 Å². The molecule has 2 unspecified atom stereocenters. The van der Waals surface area contributed by atoms with Crippen molar-refractivity contribution in [3.63, 3.8) is 0 Å². The van der Waals surface area contributed by atoms with Gasteiger partial charge in [0.1, 0.15) is 24.2 Å². The fourth-order valence-electron chi connectivity index (χ4n) is 3.69. The van der Waals surface area contributed by atoms with Crippen molar-refractivity contribution in [2.24, 2.45) is 0 Å². The summed E-state index contributed by atoms with van der Waals surface area (Å²) in [5.41, 5.74) is 0.643. The molecule has 0 saturated carbocycles. The van der Waals surface area contributed by atoms with Crippen molar-refractivity contribution < 1.29 is 26.8 Å². The van der Waals surface area contributed by atoms with Crippen molar-refractivity contribution in [1.82, 2.24) is 10.2 Å². The second-order valence-electron chi connectivity index (χ2n) is 8.94. The molecule has 1 N–H and O–H groups in total. The van der Waals surface area contributed by atoms with Crippen molar-refractivity contribution in [2.45, 2.75) is 50.7 Å². The molecule has 10 heteroatoms. The van der Waals surface area contributed by atoms with Crippen molar-refractivity contribution in [3.8, 4) is 0 Å². The zero-order chi connectivity index (χ0) is 27.9. The molecule has 0 radical (unpaired) electrons. The number of nitrogens with zero attached hydrogens (tertiary/aromatic N) is 2. The molecule has 3 aromatic rings. The minimum Gasteiger partial charge on any atom is -0.352 e. The zero-order valence-corrected chi connectivity index (χ0v) is 22.3. The van der Waals surface area contributed by atoms with Crippen LogP contribution in [0.3, 0.4) is 0 Å². The molecule has 0 bridgehead atoms. The Labute approximate surface area is 222 Å². The van der Waals surface area contributed by atoms with Crippen LogP contribution in [-0.2, 0) is 26.2 Å². The standard InChI is InChI=1S/C28H31F2N3O4S/c1-4-20(2)31-28(35)21(3)32(18-22-10-12-23(29)13-11-22)27(34)19-33(25-16-14-24(30)15-17-25)38(36,37)26-8-6-5-7-9-26/h5-17,20-21H,4,18-19H2,1-3H3,(H,31,35). The number of benzene rings is 3. The van der Waals surface area contributed by atoms with Gasteiger partial charge in [-0.1, -0.05) is 37.3 Å². The van der Waals surface area contributed by atoms with Crippen LogP contribution in [0.4, 0.5) is 14.5 Å². The van der Waals surface area contributed by atoms with Gasteiger partial charge in [-0.05, 0) is 74.4 Å². The third-order valence-corrected chi connectivity index (χ3v) is 7.95. The van der Waals surface area contributed by atoms with Crippen LogP contribution in [0.5, 0.6) is 0 Å². The largest absolute Gasteiger partial charge is 0.352 e. The summed E-state index contributed by atoms with van der Waals surface area (Å²) >= 11 is 0. The molecule has 3 rings (SSSR count). The number of hydrogen-bond acceptors (Lipinski definition) is 4. The van der Waals surface area contributed by atoms with Crippen LogP contribution >= 0.6 is 0 Å². The number of nitrogens with one attached hydrogen (secondary N) is 1. The van der Waals surface area contributed by atoms with Gasteiger partial charge in [0, 0.05) is 12.6 Å². The van der Waals surface area contributed by atoms with Crippen LogP contribution in [0.25, 0.3) is 0 Å². The average Bonchev–Trinajstić information content (AvgIpc) is 2.91. The summed E-state index contributed by atoms with van der Waals surface area (Å²) in [5, 5.41) is 2.84. The Morgan fingerprint density at radius 2 is 1.42 bits per heavy atom. The zero-order valence-electron chi connectivity index (χ0n) is 21.5. The highest BCUT2D eigenvalue weighted by Crippen LogP contribution is 2.25. The molecule has 0 aliphatic carbocycles. The Morgan fingerprint density at radius 1 is 0.868 bits per heavy atom. The third kappa shape index (κ3) is 7.16. The van der Waals surface area contributed by atoms with E-state index in [0.29, 0.717) is 12.0 Å². The molecule has 0 aliphatic heterocycles. The summed E-state index contributed by atoms with van der Waals surface area (Å²) in [6.45, 7) is 4.58. The number of sulfonamides is 1. The van der Waals surface area contributed by atoms with Crippen molar-refractivity contribution in [3.05, 3.63) is 96.1 Å². The molecule has 0 fully saturated rings. The van der Waals surface area contributed by atoms with E-state index in [1.165, 1.54) is 53.4 Å². The molecule has 2 amide bonds. The maximum Gasteiger partial charge on any atom is 0.264 e. The van der Waals surface area contributed by atoms with E-state index in [1.54, 1.807) is 25.1 Å². The quantitative estimate of drug-likeness (QED) is 0.386. The van der Waals surface area contributed by atoms with Crippen molar-refractivity contribution >= 4 is 27.5 Å². The summed E-state index contributed by atoms with van der Waals surface area (Å²) in [7, 11) is -4.23. The molecule has 3 aromatic carbocycles. The van der Waals surface area contributed by atoms with E-state index in [0.717, 1.165) is 16.4 Å². The molecule has 38 heavy (non-hydrogen) atoms. The van der Waals surface area contributed by atoms with Gasteiger partial charge in [-0.3, -0.25) is 13.9 Å². The summed E-state index contributed by atoms with van der Waals surface area (Å²) in [4.78, 5) is 27.9. The predicted molar refractivity (Wildman–Crippen MR) is 142 cm³/mol. The van der Waals surface area contributed by atoms with Gasteiger partial charge in [0.05, 0.1) is 10.6 Å². The number of rotatable bonds is 11. The maximum absolute atomic E-state index is 13.7. The third-order valence-electron chi connectivity index (χ3n) is 6.16. The van der Waals surface area contributed by atoms with Gasteiger partial charge in [-0.2, -0.15) is 0 Å². The van der Waals surface area contributed by atoms with Crippen LogP contribution in [0.1, 0.15) is 32.8 Å². The van der Waals surface area contributed by atoms with Gasteiger partial charge in [0.2, 0.25) is 11.8 Å². The highest BCUT2D eigenvalue weighted by Gasteiger charge is 2.32. The van der Waals surface area contributed by atoms with Crippen LogP contribution in [0.2, 0.25) is 0 Å². The van der Waals surface area contributed by atoms with Gasteiger partial charge in [0.25, 0.3) is 10.0 Å². The Kier molecular flexibility index (Phi) is 9.57. The minimum atomic E-state index is -4.23. The number of halogens is 2. The molecule has 0 heterocycles. The van der Waals surface area contributed by atoms with Crippen molar-refractivity contribution in [1.29, 1.82) is 0 Å². The van der Waals surface area contributed by atoms with Gasteiger partial charge in [0.15, 0.2) is 0 Å². The Morgan fingerprint density at radius 3 is 1.97 bits per heavy atom. The van der Waals surface area contributed by atoms with E-state index in [2.05, 4.69) is 5.32 Å². The number of amides is 2. The predicted octanol–water partition coefficient (Wildman–Crippen LogP) is 4.49. The lowest BCUT2D eigenvalue weighted by atomic mass is 10.1. The molecule has 0 aromatic heterocycles. The topological polar surface area (TPSA) is 86.8 Å². The SMILES string of the molecule is CCC(C)NC(=O)C(C)N(Cc1ccc(F)cc1)C(=O)CN(c1ccc(F)cc1)S(=O)(=O)c1ccccc1.